The lowest BCUT2D eigenvalue weighted by molar-refractivity contribution is -0.0280. The van der Waals surface area contributed by atoms with E-state index in [-0.39, 0.29) is 12.7 Å². The van der Waals surface area contributed by atoms with Gasteiger partial charge in [0.2, 0.25) is 0 Å². The predicted octanol–water partition coefficient (Wildman–Crippen LogP) is 0.348. The first-order chi connectivity index (χ1) is 5.36. The molecular weight excluding hydrogens is 162 g/mol. The lowest BCUT2D eigenvalue weighted by Gasteiger charge is -2.30. The van der Waals surface area contributed by atoms with Crippen LogP contribution in [-0.4, -0.2) is 47.6 Å². The molecule has 66 valence electrons. The zero-order valence-electron chi connectivity index (χ0n) is 6.82. The summed E-state index contributed by atoms with van der Waals surface area (Å²) in [5.41, 5.74) is 0. The molecule has 3 nitrogen and oxygen atoms in total. The molecule has 1 rings (SSSR count). The number of morpholine rings is 1. The standard InChI is InChI=1S/C7H15NO2S/c1-2-11-8-3-4-10-7(5-8)6-9/h7,9H,2-6H2,1H3. The van der Waals surface area contributed by atoms with Crippen LogP contribution in [0.3, 0.4) is 0 Å². The number of aliphatic hydroxyl groups excluding tert-OH is 1. The minimum absolute atomic E-state index is 0.0304. The molecule has 1 aliphatic heterocycles. The Morgan fingerprint density at radius 3 is 3.18 bits per heavy atom. The van der Waals surface area contributed by atoms with Gasteiger partial charge in [-0.2, -0.15) is 0 Å². The first-order valence-corrected chi connectivity index (χ1v) is 4.91. The van der Waals surface area contributed by atoms with Crippen molar-refractivity contribution in [3.8, 4) is 0 Å². The summed E-state index contributed by atoms with van der Waals surface area (Å²) >= 11 is 1.81. The molecule has 1 unspecified atom stereocenters. The van der Waals surface area contributed by atoms with E-state index < -0.39 is 0 Å². The number of rotatable bonds is 3. The quantitative estimate of drug-likeness (QED) is 0.630. The van der Waals surface area contributed by atoms with E-state index in [2.05, 4.69) is 11.2 Å². The van der Waals surface area contributed by atoms with Crippen molar-refractivity contribution in [1.82, 2.24) is 4.31 Å². The Kier molecular flexibility index (Phi) is 4.22. The van der Waals surface area contributed by atoms with E-state index in [1.165, 1.54) is 0 Å². The Morgan fingerprint density at radius 1 is 1.73 bits per heavy atom. The fourth-order valence-corrected chi connectivity index (χ4v) is 1.94. The summed E-state index contributed by atoms with van der Waals surface area (Å²) in [6.07, 6.45) is 0.0304. The summed E-state index contributed by atoms with van der Waals surface area (Å²) in [6.45, 7) is 4.86. The molecule has 1 atom stereocenters. The molecule has 0 bridgehead atoms. The summed E-state index contributed by atoms with van der Waals surface area (Å²) in [5, 5.41) is 8.82. The highest BCUT2D eigenvalue weighted by molar-refractivity contribution is 7.96. The summed E-state index contributed by atoms with van der Waals surface area (Å²) in [5.74, 6) is 1.10. The lowest BCUT2D eigenvalue weighted by atomic mass is 10.3. The molecule has 4 heteroatoms. The molecule has 1 fully saturated rings. The van der Waals surface area contributed by atoms with Crippen LogP contribution in [0.15, 0.2) is 0 Å². The number of nitrogens with zero attached hydrogens (tertiary/aromatic N) is 1. The van der Waals surface area contributed by atoms with Crippen LogP contribution in [-0.2, 0) is 4.74 Å². The monoisotopic (exact) mass is 177 g/mol. The van der Waals surface area contributed by atoms with Crippen LogP contribution in [0.2, 0.25) is 0 Å². The van der Waals surface area contributed by atoms with Crippen LogP contribution in [0, 0.1) is 0 Å². The molecule has 1 aliphatic rings. The van der Waals surface area contributed by atoms with Crippen molar-refractivity contribution in [2.45, 2.75) is 13.0 Å². The molecule has 0 saturated carbocycles. The molecule has 0 aliphatic carbocycles. The third kappa shape index (κ3) is 2.99. The maximum Gasteiger partial charge on any atom is 0.0942 e. The average Bonchev–Trinajstić information content (AvgIpc) is 2.06. The number of hydrogen-bond acceptors (Lipinski definition) is 4. The Hall–Kier alpha value is 0.230. The van der Waals surface area contributed by atoms with E-state index in [9.17, 15) is 0 Å². The Balaban J connectivity index is 2.21. The Labute approximate surface area is 71.8 Å². The van der Waals surface area contributed by atoms with E-state index in [1.54, 1.807) is 0 Å². The van der Waals surface area contributed by atoms with E-state index in [1.807, 2.05) is 11.9 Å². The SMILES string of the molecule is CCSN1CCOC(CO)C1. The molecular formula is C7H15NO2S. The number of ether oxygens (including phenoxy) is 1. The van der Waals surface area contributed by atoms with Gasteiger partial charge < -0.3 is 9.84 Å². The molecule has 0 aromatic heterocycles. The third-order valence-corrected chi connectivity index (χ3v) is 2.57. The van der Waals surface area contributed by atoms with Gasteiger partial charge >= 0.3 is 0 Å². The summed E-state index contributed by atoms with van der Waals surface area (Å²) < 4.78 is 7.55. The smallest absolute Gasteiger partial charge is 0.0942 e. The van der Waals surface area contributed by atoms with Crippen LogP contribution in [0.1, 0.15) is 6.92 Å². The van der Waals surface area contributed by atoms with E-state index >= 15 is 0 Å². The van der Waals surface area contributed by atoms with Crippen molar-refractivity contribution in [2.24, 2.45) is 0 Å². The molecule has 0 amide bonds. The van der Waals surface area contributed by atoms with Crippen LogP contribution >= 0.6 is 11.9 Å². The van der Waals surface area contributed by atoms with Crippen molar-refractivity contribution in [3.05, 3.63) is 0 Å². The highest BCUT2D eigenvalue weighted by atomic mass is 32.2. The van der Waals surface area contributed by atoms with Gasteiger partial charge in [-0.05, 0) is 0 Å². The first kappa shape index (κ1) is 9.32. The normalized spacial score (nSPS) is 27.3. The highest BCUT2D eigenvalue weighted by Crippen LogP contribution is 2.14. The molecule has 0 radical (unpaired) electrons. The molecule has 0 aromatic carbocycles. The van der Waals surface area contributed by atoms with Crippen molar-refractivity contribution in [1.29, 1.82) is 0 Å². The predicted molar refractivity (Wildman–Crippen MR) is 46.5 cm³/mol. The van der Waals surface area contributed by atoms with Crippen LogP contribution in [0.5, 0.6) is 0 Å². The van der Waals surface area contributed by atoms with Gasteiger partial charge in [0, 0.05) is 18.8 Å². The summed E-state index contributed by atoms with van der Waals surface area (Å²) in [4.78, 5) is 0. The summed E-state index contributed by atoms with van der Waals surface area (Å²) in [6, 6.07) is 0. The number of hydrogen-bond donors (Lipinski definition) is 1. The largest absolute Gasteiger partial charge is 0.394 e. The van der Waals surface area contributed by atoms with E-state index in [4.69, 9.17) is 9.84 Å². The lowest BCUT2D eigenvalue weighted by Crippen LogP contribution is -2.40. The van der Waals surface area contributed by atoms with Gasteiger partial charge in [-0.25, -0.2) is 4.31 Å². The minimum Gasteiger partial charge on any atom is -0.394 e. The molecule has 11 heavy (non-hydrogen) atoms. The van der Waals surface area contributed by atoms with Crippen LogP contribution < -0.4 is 0 Å². The molecule has 0 spiro atoms. The number of aliphatic hydroxyl groups is 1. The first-order valence-electron chi connectivity index (χ1n) is 3.97. The van der Waals surface area contributed by atoms with Crippen molar-refractivity contribution >= 4 is 11.9 Å². The Morgan fingerprint density at radius 2 is 2.55 bits per heavy atom. The zero-order chi connectivity index (χ0) is 8.10. The van der Waals surface area contributed by atoms with Gasteiger partial charge in [0.05, 0.1) is 19.3 Å². The fraction of sp³-hybridized carbons (Fsp3) is 1.00. The third-order valence-electron chi connectivity index (χ3n) is 1.62. The fourth-order valence-electron chi connectivity index (χ4n) is 1.10. The van der Waals surface area contributed by atoms with Crippen LogP contribution in [0.25, 0.3) is 0 Å². The van der Waals surface area contributed by atoms with Crippen LogP contribution in [0.4, 0.5) is 0 Å². The second-order valence-corrected chi connectivity index (χ2v) is 3.83. The Bertz CT molecular complexity index is 111. The average molecular weight is 177 g/mol. The maximum atomic E-state index is 8.82. The second-order valence-electron chi connectivity index (χ2n) is 2.48. The van der Waals surface area contributed by atoms with Gasteiger partial charge in [-0.15, -0.1) is 0 Å². The van der Waals surface area contributed by atoms with Gasteiger partial charge in [-0.3, -0.25) is 0 Å². The summed E-state index contributed by atoms with van der Waals surface area (Å²) in [7, 11) is 0. The zero-order valence-corrected chi connectivity index (χ0v) is 7.64. The van der Waals surface area contributed by atoms with Crippen molar-refractivity contribution in [3.63, 3.8) is 0 Å². The van der Waals surface area contributed by atoms with Crippen molar-refractivity contribution in [2.75, 3.05) is 32.1 Å². The van der Waals surface area contributed by atoms with Gasteiger partial charge in [0.25, 0.3) is 0 Å². The highest BCUT2D eigenvalue weighted by Gasteiger charge is 2.18. The van der Waals surface area contributed by atoms with E-state index in [0.717, 1.165) is 25.4 Å². The molecule has 1 saturated heterocycles. The topological polar surface area (TPSA) is 32.7 Å². The van der Waals surface area contributed by atoms with Gasteiger partial charge in [-0.1, -0.05) is 18.9 Å². The molecule has 1 N–H and O–H groups in total. The van der Waals surface area contributed by atoms with Gasteiger partial charge in [0.15, 0.2) is 0 Å². The van der Waals surface area contributed by atoms with Crippen molar-refractivity contribution < 1.29 is 9.84 Å². The van der Waals surface area contributed by atoms with Gasteiger partial charge in [0.1, 0.15) is 0 Å². The molecule has 0 aromatic rings. The molecule has 1 heterocycles. The minimum atomic E-state index is 0.0304. The van der Waals surface area contributed by atoms with E-state index in [0.29, 0.717) is 0 Å². The maximum absolute atomic E-state index is 8.82. The second kappa shape index (κ2) is 4.98.